The molecule has 1 fully saturated rings. The van der Waals surface area contributed by atoms with E-state index in [-0.39, 0.29) is 0 Å². The first-order valence-electron chi connectivity index (χ1n) is 6.04. The Labute approximate surface area is 95.7 Å². The van der Waals surface area contributed by atoms with E-state index in [0.717, 1.165) is 17.5 Å². The van der Waals surface area contributed by atoms with Gasteiger partial charge in [0.1, 0.15) is 0 Å². The van der Waals surface area contributed by atoms with Crippen molar-refractivity contribution in [2.24, 2.45) is 0 Å². The summed E-state index contributed by atoms with van der Waals surface area (Å²) in [4.78, 5) is 9.25. The molecule has 2 aromatic heterocycles. The van der Waals surface area contributed by atoms with E-state index in [4.69, 9.17) is 4.98 Å². The lowest BCUT2D eigenvalue weighted by Crippen LogP contribution is -1.96. The fraction of sp³-hybridized carbons (Fsp3) is 0.429. The minimum atomic E-state index is 0.717. The van der Waals surface area contributed by atoms with Gasteiger partial charge in [-0.2, -0.15) is 0 Å². The smallest absolute Gasteiger partial charge is 0.0922 e. The molecule has 0 radical (unpaired) electrons. The summed E-state index contributed by atoms with van der Waals surface area (Å²) in [5.74, 6) is 0.717. The molecule has 0 spiro atoms. The summed E-state index contributed by atoms with van der Waals surface area (Å²) >= 11 is 0. The van der Waals surface area contributed by atoms with E-state index in [1.807, 2.05) is 12.3 Å². The van der Waals surface area contributed by atoms with Gasteiger partial charge < -0.3 is 0 Å². The predicted octanol–water partition coefficient (Wildman–Crippen LogP) is 3.38. The van der Waals surface area contributed by atoms with Crippen molar-refractivity contribution in [1.29, 1.82) is 0 Å². The minimum Gasteiger partial charge on any atom is -0.254 e. The minimum absolute atomic E-state index is 0.717. The van der Waals surface area contributed by atoms with Gasteiger partial charge in [0.15, 0.2) is 0 Å². The maximum absolute atomic E-state index is 4.78. The molecule has 82 valence electrons. The third kappa shape index (κ3) is 1.49. The highest BCUT2D eigenvalue weighted by Crippen LogP contribution is 2.40. The van der Waals surface area contributed by atoms with Crippen molar-refractivity contribution in [3.8, 4) is 0 Å². The standard InChI is InChI=1S/C14H16N2/c1-3-10-8-12(11-4-5-11)16-13-9(2)6-7-15-14(10)13/h6-8,11H,3-5H2,1-2H3. The highest BCUT2D eigenvalue weighted by Gasteiger charge is 2.26. The predicted molar refractivity (Wildman–Crippen MR) is 65.6 cm³/mol. The fourth-order valence-electron chi connectivity index (χ4n) is 2.19. The highest BCUT2D eigenvalue weighted by atomic mass is 14.8. The zero-order valence-corrected chi connectivity index (χ0v) is 9.83. The van der Waals surface area contributed by atoms with Crippen LogP contribution in [0.2, 0.25) is 0 Å². The first kappa shape index (κ1) is 9.76. The number of nitrogens with zero attached hydrogens (tertiary/aromatic N) is 2. The summed E-state index contributed by atoms with van der Waals surface area (Å²) in [7, 11) is 0. The van der Waals surface area contributed by atoms with Crippen LogP contribution in [-0.4, -0.2) is 9.97 Å². The van der Waals surface area contributed by atoms with Gasteiger partial charge in [0.05, 0.1) is 11.0 Å². The van der Waals surface area contributed by atoms with Crippen LogP contribution in [0.25, 0.3) is 11.0 Å². The van der Waals surface area contributed by atoms with Gasteiger partial charge in [-0.15, -0.1) is 0 Å². The molecule has 2 heteroatoms. The molecule has 1 aliphatic carbocycles. The van der Waals surface area contributed by atoms with Crippen molar-refractivity contribution < 1.29 is 0 Å². The molecule has 1 saturated carbocycles. The molecule has 0 bridgehead atoms. The van der Waals surface area contributed by atoms with Crippen LogP contribution >= 0.6 is 0 Å². The van der Waals surface area contributed by atoms with Crippen molar-refractivity contribution in [3.05, 3.63) is 35.2 Å². The molecule has 0 amide bonds. The molecule has 0 saturated heterocycles. The van der Waals surface area contributed by atoms with E-state index in [1.54, 1.807) is 0 Å². The molecule has 0 aliphatic heterocycles. The van der Waals surface area contributed by atoms with E-state index in [0.29, 0.717) is 5.92 Å². The van der Waals surface area contributed by atoms with Gasteiger partial charge in [-0.05, 0) is 49.4 Å². The number of fused-ring (bicyclic) bond motifs is 1. The summed E-state index contributed by atoms with van der Waals surface area (Å²) in [6.07, 6.45) is 5.53. The quantitative estimate of drug-likeness (QED) is 0.762. The lowest BCUT2D eigenvalue weighted by molar-refractivity contribution is 1.01. The van der Waals surface area contributed by atoms with Crippen LogP contribution in [-0.2, 0) is 6.42 Å². The Kier molecular flexibility index (Phi) is 2.16. The van der Waals surface area contributed by atoms with Crippen LogP contribution in [0.1, 0.15) is 42.5 Å². The lowest BCUT2D eigenvalue weighted by Gasteiger charge is -2.08. The second-order valence-electron chi connectivity index (χ2n) is 4.66. The maximum Gasteiger partial charge on any atom is 0.0922 e. The van der Waals surface area contributed by atoms with Crippen molar-refractivity contribution in [3.63, 3.8) is 0 Å². The van der Waals surface area contributed by atoms with Gasteiger partial charge in [-0.25, -0.2) is 0 Å². The average molecular weight is 212 g/mol. The van der Waals surface area contributed by atoms with Crippen molar-refractivity contribution >= 4 is 11.0 Å². The SMILES string of the molecule is CCc1cc(C2CC2)nc2c(C)ccnc12. The van der Waals surface area contributed by atoms with Crippen LogP contribution in [0.4, 0.5) is 0 Å². The second kappa shape index (κ2) is 3.55. The summed E-state index contributed by atoms with van der Waals surface area (Å²) in [5.41, 5.74) is 6.05. The molecule has 2 nitrogen and oxygen atoms in total. The number of hydrogen-bond donors (Lipinski definition) is 0. The largest absolute Gasteiger partial charge is 0.254 e. The summed E-state index contributed by atoms with van der Waals surface area (Å²) < 4.78 is 0. The van der Waals surface area contributed by atoms with Crippen LogP contribution in [0.5, 0.6) is 0 Å². The van der Waals surface area contributed by atoms with Gasteiger partial charge >= 0.3 is 0 Å². The Morgan fingerprint density at radius 2 is 2.12 bits per heavy atom. The number of aryl methyl sites for hydroxylation is 2. The Morgan fingerprint density at radius 3 is 2.81 bits per heavy atom. The Bertz CT molecular complexity index is 542. The zero-order chi connectivity index (χ0) is 11.1. The number of rotatable bonds is 2. The van der Waals surface area contributed by atoms with Crippen molar-refractivity contribution in [1.82, 2.24) is 9.97 Å². The first-order chi connectivity index (χ1) is 7.79. The number of hydrogen-bond acceptors (Lipinski definition) is 2. The third-order valence-electron chi connectivity index (χ3n) is 3.37. The molecule has 0 N–H and O–H groups in total. The molecule has 2 heterocycles. The molecular formula is C14H16N2. The van der Waals surface area contributed by atoms with E-state index in [9.17, 15) is 0 Å². The van der Waals surface area contributed by atoms with Crippen molar-refractivity contribution in [2.75, 3.05) is 0 Å². The fourth-order valence-corrected chi connectivity index (χ4v) is 2.19. The van der Waals surface area contributed by atoms with Gasteiger partial charge in [0.2, 0.25) is 0 Å². The summed E-state index contributed by atoms with van der Waals surface area (Å²) in [6.45, 7) is 4.31. The summed E-state index contributed by atoms with van der Waals surface area (Å²) in [6, 6.07) is 4.30. The van der Waals surface area contributed by atoms with E-state index in [1.165, 1.54) is 29.7 Å². The third-order valence-corrected chi connectivity index (χ3v) is 3.37. The van der Waals surface area contributed by atoms with E-state index in [2.05, 4.69) is 24.9 Å². The zero-order valence-electron chi connectivity index (χ0n) is 9.83. The van der Waals surface area contributed by atoms with Gasteiger partial charge in [-0.3, -0.25) is 9.97 Å². The second-order valence-corrected chi connectivity index (χ2v) is 4.66. The maximum atomic E-state index is 4.78. The van der Waals surface area contributed by atoms with Crippen molar-refractivity contribution in [2.45, 2.75) is 39.0 Å². The van der Waals surface area contributed by atoms with Crippen LogP contribution < -0.4 is 0 Å². The Balaban J connectivity index is 2.30. The number of aromatic nitrogens is 2. The molecule has 0 atom stereocenters. The molecule has 16 heavy (non-hydrogen) atoms. The van der Waals surface area contributed by atoms with Crippen LogP contribution in [0, 0.1) is 6.92 Å². The van der Waals surface area contributed by atoms with Crippen LogP contribution in [0.3, 0.4) is 0 Å². The highest BCUT2D eigenvalue weighted by molar-refractivity contribution is 5.81. The van der Waals surface area contributed by atoms with E-state index < -0.39 is 0 Å². The lowest BCUT2D eigenvalue weighted by atomic mass is 10.1. The first-order valence-corrected chi connectivity index (χ1v) is 6.04. The topological polar surface area (TPSA) is 25.8 Å². The normalized spacial score (nSPS) is 15.6. The monoisotopic (exact) mass is 212 g/mol. The molecular weight excluding hydrogens is 196 g/mol. The van der Waals surface area contributed by atoms with Gasteiger partial charge in [0.25, 0.3) is 0 Å². The van der Waals surface area contributed by atoms with E-state index >= 15 is 0 Å². The summed E-state index contributed by atoms with van der Waals surface area (Å²) in [5, 5.41) is 0. The van der Waals surface area contributed by atoms with Gasteiger partial charge in [-0.1, -0.05) is 6.92 Å². The average Bonchev–Trinajstić information content (AvgIpc) is 3.12. The Hall–Kier alpha value is -1.44. The molecule has 1 aliphatic rings. The van der Waals surface area contributed by atoms with Gasteiger partial charge in [0, 0.05) is 17.8 Å². The Morgan fingerprint density at radius 1 is 1.31 bits per heavy atom. The number of pyridine rings is 2. The molecule has 0 unspecified atom stereocenters. The molecule has 2 aromatic rings. The van der Waals surface area contributed by atoms with Crippen LogP contribution in [0.15, 0.2) is 18.3 Å². The molecule has 0 aromatic carbocycles. The molecule has 3 rings (SSSR count).